The van der Waals surface area contributed by atoms with Gasteiger partial charge in [-0.2, -0.15) is 0 Å². The molecule has 0 radical (unpaired) electrons. The van der Waals surface area contributed by atoms with Gasteiger partial charge in [0.15, 0.2) is 5.69 Å². The van der Waals surface area contributed by atoms with Crippen molar-refractivity contribution in [3.05, 3.63) is 17.7 Å². The lowest BCUT2D eigenvalue weighted by Crippen LogP contribution is -2.35. The van der Waals surface area contributed by atoms with Crippen molar-refractivity contribution in [2.45, 2.75) is 124 Å². The number of terminal acetylenes is 1. The molecule has 0 aromatic carbocycles. The van der Waals surface area contributed by atoms with Gasteiger partial charge in [-0.05, 0) is 25.7 Å². The third kappa shape index (κ3) is 7.56. The Labute approximate surface area is 163 Å². The first-order chi connectivity index (χ1) is 12.7. The molecule has 0 spiro atoms. The molecular weight excluding hydrogens is 316 g/mol. The van der Waals surface area contributed by atoms with Gasteiger partial charge in [-0.3, -0.25) is 0 Å². The van der Waals surface area contributed by atoms with Crippen LogP contribution in [0.3, 0.4) is 0 Å². The average molecular weight is 360 g/mol. The second-order valence-corrected chi connectivity index (χ2v) is 7.76. The van der Waals surface area contributed by atoms with Crippen LogP contribution in [0.1, 0.15) is 115 Å². The number of imidazole rings is 1. The Hall–Kier alpha value is -1.23. The van der Waals surface area contributed by atoms with E-state index >= 15 is 0 Å². The first-order valence-corrected chi connectivity index (χ1v) is 11.2. The van der Waals surface area contributed by atoms with E-state index in [1.54, 1.807) is 0 Å². The van der Waals surface area contributed by atoms with Gasteiger partial charge in [0.1, 0.15) is 12.2 Å². The predicted molar refractivity (Wildman–Crippen MR) is 113 cm³/mol. The van der Waals surface area contributed by atoms with E-state index in [2.05, 4.69) is 48.9 Å². The summed E-state index contributed by atoms with van der Waals surface area (Å²) in [6, 6.07) is 0.576. The van der Waals surface area contributed by atoms with E-state index in [4.69, 9.17) is 6.42 Å². The van der Waals surface area contributed by atoms with E-state index < -0.39 is 0 Å². The van der Waals surface area contributed by atoms with Crippen molar-refractivity contribution >= 4 is 0 Å². The zero-order valence-corrected chi connectivity index (χ0v) is 18.0. The highest BCUT2D eigenvalue weighted by atomic mass is 15.2. The van der Waals surface area contributed by atoms with Crippen LogP contribution in [-0.4, -0.2) is 4.57 Å². The van der Waals surface area contributed by atoms with Crippen molar-refractivity contribution in [1.82, 2.24) is 4.57 Å². The Morgan fingerprint density at radius 1 is 0.923 bits per heavy atom. The third-order valence-corrected chi connectivity index (χ3v) is 5.72. The summed E-state index contributed by atoms with van der Waals surface area (Å²) < 4.78 is 4.94. The molecule has 0 atom stereocenters. The fraction of sp³-hybridized carbons (Fsp3) is 0.792. The zero-order valence-electron chi connectivity index (χ0n) is 18.0. The summed E-state index contributed by atoms with van der Waals surface area (Å²) in [4.78, 5) is 0. The maximum atomic E-state index is 5.61. The lowest BCUT2D eigenvalue weighted by molar-refractivity contribution is -0.703. The summed E-state index contributed by atoms with van der Waals surface area (Å²) >= 11 is 0. The van der Waals surface area contributed by atoms with E-state index in [9.17, 15) is 0 Å². The molecule has 0 aliphatic carbocycles. The molecular formula is C24H43N2+. The minimum Gasteiger partial charge on any atom is -0.234 e. The zero-order chi connectivity index (χ0) is 19.2. The van der Waals surface area contributed by atoms with Crippen LogP contribution in [0, 0.1) is 19.3 Å². The summed E-state index contributed by atoms with van der Waals surface area (Å²) in [5.41, 5.74) is 1.31. The van der Waals surface area contributed by atoms with Crippen LogP contribution >= 0.6 is 0 Å². The van der Waals surface area contributed by atoms with Gasteiger partial charge in [0.05, 0.1) is 13.0 Å². The van der Waals surface area contributed by atoms with Crippen LogP contribution < -0.4 is 4.57 Å². The molecule has 0 fully saturated rings. The average Bonchev–Trinajstić information content (AvgIpc) is 2.94. The van der Waals surface area contributed by atoms with E-state index in [1.165, 1.54) is 88.6 Å². The first-order valence-electron chi connectivity index (χ1n) is 11.2. The van der Waals surface area contributed by atoms with Crippen molar-refractivity contribution in [3.63, 3.8) is 0 Å². The molecule has 2 nitrogen and oxygen atoms in total. The van der Waals surface area contributed by atoms with Crippen LogP contribution in [0.2, 0.25) is 0 Å². The molecule has 0 amide bonds. The highest BCUT2D eigenvalue weighted by Gasteiger charge is 2.24. The molecule has 0 bridgehead atoms. The minimum absolute atomic E-state index is 0.576. The monoisotopic (exact) mass is 359 g/mol. The number of nitrogens with zero attached hydrogens (tertiary/aromatic N) is 2. The fourth-order valence-electron chi connectivity index (χ4n) is 4.07. The Morgan fingerprint density at radius 2 is 1.46 bits per heavy atom. The molecule has 2 heteroatoms. The van der Waals surface area contributed by atoms with Gasteiger partial charge in [0, 0.05) is 6.92 Å². The normalized spacial score (nSPS) is 11.2. The molecule has 0 N–H and O–H groups in total. The molecule has 0 saturated heterocycles. The van der Waals surface area contributed by atoms with Crippen LogP contribution in [-0.2, 0) is 13.0 Å². The molecule has 26 heavy (non-hydrogen) atoms. The smallest absolute Gasteiger partial charge is 0.234 e. The summed E-state index contributed by atoms with van der Waals surface area (Å²) in [6.07, 6.45) is 24.9. The minimum atomic E-state index is 0.576. The second-order valence-electron chi connectivity index (χ2n) is 7.76. The second kappa shape index (κ2) is 13.9. The molecule has 0 aliphatic rings. The topological polar surface area (TPSA) is 8.81 Å². The van der Waals surface area contributed by atoms with E-state index in [0.717, 1.165) is 13.0 Å². The Morgan fingerprint density at radius 3 is 1.96 bits per heavy atom. The fourth-order valence-corrected chi connectivity index (χ4v) is 4.07. The van der Waals surface area contributed by atoms with E-state index in [-0.39, 0.29) is 0 Å². The highest BCUT2D eigenvalue weighted by Crippen LogP contribution is 2.20. The van der Waals surface area contributed by atoms with Gasteiger partial charge in [-0.1, -0.05) is 78.1 Å². The van der Waals surface area contributed by atoms with Crippen LogP contribution in [0.5, 0.6) is 0 Å². The van der Waals surface area contributed by atoms with Gasteiger partial charge in [-0.15, -0.1) is 6.42 Å². The van der Waals surface area contributed by atoms with Crippen LogP contribution in [0.15, 0.2) is 6.20 Å². The lowest BCUT2D eigenvalue weighted by atomic mass is 10.1. The number of hydrogen-bond donors (Lipinski definition) is 0. The van der Waals surface area contributed by atoms with Crippen molar-refractivity contribution in [2.75, 3.05) is 0 Å². The van der Waals surface area contributed by atoms with Crippen molar-refractivity contribution < 1.29 is 4.57 Å². The first kappa shape index (κ1) is 22.8. The Bertz CT molecular complexity index is 517. The maximum Gasteiger partial charge on any atom is 0.253 e. The molecule has 0 aliphatic heterocycles. The number of aromatic nitrogens is 2. The molecule has 1 rings (SSSR count). The number of hydrogen-bond acceptors (Lipinski definition) is 0. The summed E-state index contributed by atoms with van der Waals surface area (Å²) in [5, 5.41) is 0. The van der Waals surface area contributed by atoms with Gasteiger partial charge in [0.25, 0.3) is 5.82 Å². The Kier molecular flexibility index (Phi) is 12.2. The molecule has 1 aromatic heterocycles. The van der Waals surface area contributed by atoms with Crippen LogP contribution in [0.4, 0.5) is 0 Å². The van der Waals surface area contributed by atoms with Crippen molar-refractivity contribution in [2.24, 2.45) is 0 Å². The quantitative estimate of drug-likeness (QED) is 0.191. The number of unbranched alkanes of at least 4 members (excludes halogenated alkanes) is 9. The van der Waals surface area contributed by atoms with E-state index in [1.807, 2.05) is 0 Å². The summed E-state index contributed by atoms with van der Waals surface area (Å²) in [5.74, 6) is 4.22. The molecule has 0 unspecified atom stereocenters. The van der Waals surface area contributed by atoms with Crippen molar-refractivity contribution in [1.29, 1.82) is 0 Å². The standard InChI is InChI=1S/C24H43N2/c1-6-10-11-12-13-14-15-16-17-18-20-25-21-24(19-7-2)26(22(25)5)23(8-3)9-4/h2,21,23H,6,8-20H2,1,3-5H3/q+1. The summed E-state index contributed by atoms with van der Waals surface area (Å²) in [7, 11) is 0. The third-order valence-electron chi connectivity index (χ3n) is 5.72. The molecule has 1 heterocycles. The van der Waals surface area contributed by atoms with Crippen LogP contribution in [0.25, 0.3) is 0 Å². The predicted octanol–water partition coefficient (Wildman–Crippen LogP) is 6.54. The molecule has 1 aromatic rings. The highest BCUT2D eigenvalue weighted by molar-refractivity contribution is 5.09. The lowest BCUT2D eigenvalue weighted by Gasteiger charge is -2.12. The Balaban J connectivity index is 2.39. The largest absolute Gasteiger partial charge is 0.253 e. The van der Waals surface area contributed by atoms with Crippen molar-refractivity contribution in [3.8, 4) is 12.3 Å². The number of aryl methyl sites for hydroxylation is 1. The summed E-state index contributed by atoms with van der Waals surface area (Å²) in [6.45, 7) is 10.2. The molecule has 0 saturated carbocycles. The number of rotatable bonds is 15. The van der Waals surface area contributed by atoms with Gasteiger partial charge in [0.2, 0.25) is 0 Å². The van der Waals surface area contributed by atoms with E-state index in [0.29, 0.717) is 6.04 Å². The van der Waals surface area contributed by atoms with Gasteiger partial charge in [-0.25, -0.2) is 9.13 Å². The molecule has 148 valence electrons. The maximum absolute atomic E-state index is 5.61. The van der Waals surface area contributed by atoms with Gasteiger partial charge >= 0.3 is 0 Å². The SMILES string of the molecule is C#CCc1c[n+](CCCCCCCCCCCC)c(C)n1C(CC)CC. The van der Waals surface area contributed by atoms with Gasteiger partial charge < -0.3 is 0 Å².